The van der Waals surface area contributed by atoms with Crippen molar-refractivity contribution in [2.24, 2.45) is 0 Å². The van der Waals surface area contributed by atoms with Crippen LogP contribution in [0.1, 0.15) is 11.6 Å². The van der Waals surface area contributed by atoms with Crippen LogP contribution in [-0.2, 0) is 0 Å². The summed E-state index contributed by atoms with van der Waals surface area (Å²) in [7, 11) is 0. The molecule has 2 rings (SSSR count). The molecule has 1 aromatic rings. The van der Waals surface area contributed by atoms with E-state index < -0.39 is 0 Å². The van der Waals surface area contributed by atoms with Gasteiger partial charge in [0.05, 0.1) is 6.04 Å². The lowest BCUT2D eigenvalue weighted by molar-refractivity contribution is 0.203. The molecule has 0 aliphatic carbocycles. The second kappa shape index (κ2) is 9.15. The highest BCUT2D eigenvalue weighted by Gasteiger charge is 2.20. The van der Waals surface area contributed by atoms with Crippen molar-refractivity contribution in [3.63, 3.8) is 0 Å². The van der Waals surface area contributed by atoms with Crippen LogP contribution in [0.5, 0.6) is 0 Å². The quantitative estimate of drug-likeness (QED) is 0.618. The molecule has 18 heavy (non-hydrogen) atoms. The molecule has 0 bridgehead atoms. The van der Waals surface area contributed by atoms with Crippen LogP contribution in [0.15, 0.2) is 36.9 Å². The molecule has 0 saturated carbocycles. The molecular weight excluding hydrogens is 382 g/mol. The molecule has 0 radical (unpaired) electrons. The summed E-state index contributed by atoms with van der Waals surface area (Å²) < 4.78 is 1.32. The van der Waals surface area contributed by atoms with Crippen LogP contribution in [0.3, 0.4) is 0 Å². The highest BCUT2D eigenvalue weighted by molar-refractivity contribution is 14.1. The van der Waals surface area contributed by atoms with E-state index in [1.54, 1.807) is 0 Å². The van der Waals surface area contributed by atoms with Gasteiger partial charge in [0, 0.05) is 29.7 Å². The molecular formula is C13H19Cl2IN2. The minimum Gasteiger partial charge on any atom is -0.314 e. The maximum Gasteiger partial charge on any atom is 0.0540 e. The summed E-state index contributed by atoms with van der Waals surface area (Å²) in [5, 5.41) is 3.38. The van der Waals surface area contributed by atoms with E-state index >= 15 is 0 Å². The predicted molar refractivity (Wildman–Crippen MR) is 91.0 cm³/mol. The van der Waals surface area contributed by atoms with Gasteiger partial charge in [-0.2, -0.15) is 0 Å². The molecule has 1 saturated heterocycles. The van der Waals surface area contributed by atoms with Crippen molar-refractivity contribution in [1.82, 2.24) is 10.2 Å². The molecule has 1 aromatic carbocycles. The molecule has 5 heteroatoms. The van der Waals surface area contributed by atoms with Crippen LogP contribution in [-0.4, -0.2) is 31.1 Å². The Bertz CT molecular complexity index is 368. The second-order valence-electron chi connectivity index (χ2n) is 3.99. The lowest BCUT2D eigenvalue weighted by Crippen LogP contribution is -2.44. The fourth-order valence-corrected chi connectivity index (χ4v) is 2.85. The third-order valence-electron chi connectivity index (χ3n) is 2.99. The maximum atomic E-state index is 3.99. The molecule has 1 atom stereocenters. The Morgan fingerprint density at radius 3 is 2.39 bits per heavy atom. The summed E-state index contributed by atoms with van der Waals surface area (Å²) in [4.78, 5) is 2.49. The molecule has 2 nitrogen and oxygen atoms in total. The molecule has 0 unspecified atom stereocenters. The molecule has 1 N–H and O–H groups in total. The van der Waals surface area contributed by atoms with E-state index in [9.17, 15) is 0 Å². The average Bonchev–Trinajstić information content (AvgIpc) is 2.34. The van der Waals surface area contributed by atoms with Gasteiger partial charge in [0.1, 0.15) is 0 Å². The van der Waals surface area contributed by atoms with Gasteiger partial charge in [-0.3, -0.25) is 4.90 Å². The van der Waals surface area contributed by atoms with Gasteiger partial charge in [-0.05, 0) is 34.2 Å². The van der Waals surface area contributed by atoms with Crippen LogP contribution in [0.4, 0.5) is 0 Å². The number of hydrogen-bond donors (Lipinski definition) is 1. The van der Waals surface area contributed by atoms with Gasteiger partial charge < -0.3 is 5.32 Å². The smallest absolute Gasteiger partial charge is 0.0540 e. The lowest BCUT2D eigenvalue weighted by Gasteiger charge is -2.33. The Labute approximate surface area is 135 Å². The number of benzene rings is 1. The summed E-state index contributed by atoms with van der Waals surface area (Å²) in [5.74, 6) is 0. The normalized spacial score (nSPS) is 17.2. The minimum absolute atomic E-state index is 0. The Hall–Kier alpha value is 0.190. The summed E-state index contributed by atoms with van der Waals surface area (Å²) in [6, 6.07) is 8.92. The zero-order valence-corrected chi connectivity index (χ0v) is 13.9. The minimum atomic E-state index is 0. The van der Waals surface area contributed by atoms with Crippen LogP contribution in [0.2, 0.25) is 0 Å². The first-order valence-electron chi connectivity index (χ1n) is 5.64. The van der Waals surface area contributed by atoms with Crippen molar-refractivity contribution in [3.05, 3.63) is 46.1 Å². The van der Waals surface area contributed by atoms with Crippen molar-refractivity contribution < 1.29 is 0 Å². The van der Waals surface area contributed by atoms with E-state index in [1.165, 1.54) is 9.13 Å². The number of rotatable bonds is 3. The first kappa shape index (κ1) is 18.2. The average molecular weight is 401 g/mol. The molecule has 1 aliphatic rings. The van der Waals surface area contributed by atoms with Gasteiger partial charge in [-0.25, -0.2) is 0 Å². The SMILES string of the molecule is C=C[C@H](c1ccccc1I)N1CCNCC1.Cl.Cl. The van der Waals surface area contributed by atoms with E-state index in [4.69, 9.17) is 0 Å². The second-order valence-corrected chi connectivity index (χ2v) is 5.15. The predicted octanol–water partition coefficient (Wildman–Crippen LogP) is 3.27. The molecule has 1 aliphatic heterocycles. The fourth-order valence-electron chi connectivity index (χ4n) is 2.15. The summed E-state index contributed by atoms with van der Waals surface area (Å²) in [6.45, 7) is 8.34. The van der Waals surface area contributed by atoms with Crippen LogP contribution < -0.4 is 5.32 Å². The van der Waals surface area contributed by atoms with Gasteiger partial charge in [0.25, 0.3) is 0 Å². The topological polar surface area (TPSA) is 15.3 Å². The van der Waals surface area contributed by atoms with Gasteiger partial charge in [0.2, 0.25) is 0 Å². The first-order chi connectivity index (χ1) is 7.83. The molecule has 0 spiro atoms. The Morgan fingerprint density at radius 1 is 1.22 bits per heavy atom. The molecule has 0 aromatic heterocycles. The highest BCUT2D eigenvalue weighted by atomic mass is 127. The van der Waals surface area contributed by atoms with E-state index in [2.05, 4.69) is 69.7 Å². The van der Waals surface area contributed by atoms with Gasteiger partial charge in [-0.1, -0.05) is 24.3 Å². The number of hydrogen-bond acceptors (Lipinski definition) is 2. The Kier molecular flexibility index (Phi) is 9.25. The van der Waals surface area contributed by atoms with Crippen LogP contribution in [0.25, 0.3) is 0 Å². The van der Waals surface area contributed by atoms with Gasteiger partial charge >= 0.3 is 0 Å². The molecule has 0 amide bonds. The van der Waals surface area contributed by atoms with Crippen molar-refractivity contribution in [2.75, 3.05) is 26.2 Å². The lowest BCUT2D eigenvalue weighted by atomic mass is 10.0. The summed E-state index contributed by atoms with van der Waals surface area (Å²) in [5.41, 5.74) is 1.38. The largest absolute Gasteiger partial charge is 0.314 e. The molecule has 1 heterocycles. The van der Waals surface area contributed by atoms with Crippen LogP contribution >= 0.6 is 47.4 Å². The van der Waals surface area contributed by atoms with Crippen molar-refractivity contribution in [1.29, 1.82) is 0 Å². The summed E-state index contributed by atoms with van der Waals surface area (Å²) >= 11 is 2.40. The monoisotopic (exact) mass is 400 g/mol. The third kappa shape index (κ3) is 4.38. The van der Waals surface area contributed by atoms with Crippen molar-refractivity contribution >= 4 is 47.4 Å². The third-order valence-corrected chi connectivity index (χ3v) is 3.97. The van der Waals surface area contributed by atoms with E-state index in [-0.39, 0.29) is 24.8 Å². The Morgan fingerprint density at radius 2 is 1.83 bits per heavy atom. The standard InChI is InChI=1S/C13H17IN2.2ClH/c1-2-13(16-9-7-15-8-10-16)11-5-3-4-6-12(11)14;;/h2-6,13,15H,1,7-10H2;2*1H/t13-;;/m1../s1. The van der Waals surface area contributed by atoms with Gasteiger partial charge in [0.15, 0.2) is 0 Å². The highest BCUT2D eigenvalue weighted by Crippen LogP contribution is 2.26. The number of halogens is 3. The number of nitrogens with one attached hydrogen (secondary N) is 1. The van der Waals surface area contributed by atoms with E-state index in [0.29, 0.717) is 6.04 Å². The molecule has 102 valence electrons. The van der Waals surface area contributed by atoms with Crippen molar-refractivity contribution in [3.8, 4) is 0 Å². The number of nitrogens with zero attached hydrogens (tertiary/aromatic N) is 1. The van der Waals surface area contributed by atoms with E-state index in [0.717, 1.165) is 26.2 Å². The zero-order chi connectivity index (χ0) is 11.4. The Balaban J connectivity index is 0.00000144. The number of piperazine rings is 1. The van der Waals surface area contributed by atoms with Gasteiger partial charge in [-0.15, -0.1) is 31.4 Å². The maximum absolute atomic E-state index is 3.99. The van der Waals surface area contributed by atoms with Crippen molar-refractivity contribution in [2.45, 2.75) is 6.04 Å². The zero-order valence-electron chi connectivity index (χ0n) is 10.1. The van der Waals surface area contributed by atoms with Crippen LogP contribution in [0, 0.1) is 3.57 Å². The first-order valence-corrected chi connectivity index (χ1v) is 6.72. The fraction of sp³-hybridized carbons (Fsp3) is 0.385. The van der Waals surface area contributed by atoms with E-state index in [1.807, 2.05) is 0 Å². The molecule has 1 fully saturated rings. The summed E-state index contributed by atoms with van der Waals surface area (Å²) in [6.07, 6.45) is 2.06.